The Bertz CT molecular complexity index is 174. The van der Waals surface area contributed by atoms with Crippen LogP contribution in [0.15, 0.2) is 0 Å². The van der Waals surface area contributed by atoms with Gasteiger partial charge in [0.05, 0.1) is 13.2 Å². The summed E-state index contributed by atoms with van der Waals surface area (Å²) in [4.78, 5) is 2.45. The predicted molar refractivity (Wildman–Crippen MR) is 50.3 cm³/mol. The smallest absolute Gasteiger partial charge is 0.108 e. The fourth-order valence-electron chi connectivity index (χ4n) is 2.73. The van der Waals surface area contributed by atoms with Crippen molar-refractivity contribution in [3.05, 3.63) is 0 Å². The number of hydrogen-bond acceptors (Lipinski definition) is 3. The molecule has 76 valence electrons. The van der Waals surface area contributed by atoms with E-state index in [-0.39, 0.29) is 12.8 Å². The molecule has 2 aliphatic rings. The highest BCUT2D eigenvalue weighted by Crippen LogP contribution is 2.38. The van der Waals surface area contributed by atoms with Crippen LogP contribution in [-0.4, -0.2) is 42.0 Å². The molecule has 2 rings (SSSR count). The van der Waals surface area contributed by atoms with Gasteiger partial charge in [0.25, 0.3) is 0 Å². The van der Waals surface area contributed by atoms with Crippen LogP contribution in [-0.2, 0) is 4.74 Å². The molecule has 1 N–H and O–H groups in total. The molecule has 3 unspecified atom stereocenters. The molecule has 0 radical (unpaired) electrons. The number of fused-ring (bicyclic) bond motifs is 2. The van der Waals surface area contributed by atoms with E-state index in [2.05, 4.69) is 11.8 Å². The predicted octanol–water partition coefficient (Wildman–Crippen LogP) is 0.826. The standard InChI is InChI=1S/C10H19NO2/c1-8(13-5-4-12)11-7-9-2-3-10(11)6-9/h8-10,12H,2-7H2,1H3. The van der Waals surface area contributed by atoms with Crippen molar-refractivity contribution >= 4 is 0 Å². The molecule has 0 aromatic heterocycles. The maximum absolute atomic E-state index is 8.65. The minimum absolute atomic E-state index is 0.131. The van der Waals surface area contributed by atoms with Gasteiger partial charge < -0.3 is 9.84 Å². The average Bonchev–Trinajstić information content (AvgIpc) is 2.74. The molecule has 2 fully saturated rings. The molecule has 1 saturated heterocycles. The molecule has 1 aliphatic heterocycles. The SMILES string of the molecule is CC(OCCO)N1CC2CCC1C2. The zero-order chi connectivity index (χ0) is 9.26. The average molecular weight is 185 g/mol. The Labute approximate surface area is 79.7 Å². The molecule has 1 aliphatic carbocycles. The Kier molecular flexibility index (Phi) is 2.86. The van der Waals surface area contributed by atoms with Gasteiger partial charge in [0.15, 0.2) is 0 Å². The summed E-state index contributed by atoms with van der Waals surface area (Å²) in [7, 11) is 0. The first-order chi connectivity index (χ1) is 6.31. The minimum atomic E-state index is 0.131. The lowest BCUT2D eigenvalue weighted by Gasteiger charge is -2.32. The molecule has 0 aromatic carbocycles. The molecular formula is C10H19NO2. The molecular weight excluding hydrogens is 166 g/mol. The Morgan fingerprint density at radius 2 is 2.38 bits per heavy atom. The van der Waals surface area contributed by atoms with Crippen molar-refractivity contribution in [1.82, 2.24) is 4.90 Å². The number of piperidine rings is 1. The van der Waals surface area contributed by atoms with E-state index in [1.807, 2.05) is 0 Å². The van der Waals surface area contributed by atoms with E-state index >= 15 is 0 Å². The first-order valence-corrected chi connectivity index (χ1v) is 5.29. The topological polar surface area (TPSA) is 32.7 Å². The summed E-state index contributed by atoms with van der Waals surface area (Å²) in [6.45, 7) is 3.90. The molecule has 3 heteroatoms. The Morgan fingerprint density at radius 3 is 2.92 bits per heavy atom. The van der Waals surface area contributed by atoms with E-state index in [0.29, 0.717) is 6.61 Å². The van der Waals surface area contributed by atoms with Crippen molar-refractivity contribution in [3.63, 3.8) is 0 Å². The van der Waals surface area contributed by atoms with E-state index in [0.717, 1.165) is 12.0 Å². The lowest BCUT2D eigenvalue weighted by molar-refractivity contribution is -0.0699. The fraction of sp³-hybridized carbons (Fsp3) is 1.00. The normalized spacial score (nSPS) is 35.5. The molecule has 0 spiro atoms. The van der Waals surface area contributed by atoms with E-state index in [1.54, 1.807) is 0 Å². The first-order valence-electron chi connectivity index (χ1n) is 5.29. The van der Waals surface area contributed by atoms with E-state index in [4.69, 9.17) is 9.84 Å². The highest BCUT2D eigenvalue weighted by Gasteiger charge is 2.39. The first kappa shape index (κ1) is 9.44. The van der Waals surface area contributed by atoms with Crippen molar-refractivity contribution in [2.45, 2.75) is 38.5 Å². The van der Waals surface area contributed by atoms with Crippen LogP contribution in [0, 0.1) is 5.92 Å². The van der Waals surface area contributed by atoms with Crippen LogP contribution in [0.5, 0.6) is 0 Å². The summed E-state index contributed by atoms with van der Waals surface area (Å²) < 4.78 is 5.50. The number of likely N-dealkylation sites (tertiary alicyclic amines) is 1. The number of ether oxygens (including phenoxy) is 1. The second-order valence-corrected chi connectivity index (χ2v) is 4.22. The number of nitrogens with zero attached hydrogens (tertiary/aromatic N) is 1. The highest BCUT2D eigenvalue weighted by atomic mass is 16.5. The summed E-state index contributed by atoms with van der Waals surface area (Å²) in [5, 5.41) is 8.65. The lowest BCUT2D eigenvalue weighted by Crippen LogP contribution is -2.41. The lowest BCUT2D eigenvalue weighted by atomic mass is 10.1. The second-order valence-electron chi connectivity index (χ2n) is 4.22. The van der Waals surface area contributed by atoms with Gasteiger partial charge in [-0.25, -0.2) is 0 Å². The summed E-state index contributed by atoms with van der Waals surface area (Å²) in [6, 6.07) is 0.763. The van der Waals surface area contributed by atoms with Crippen LogP contribution in [0.2, 0.25) is 0 Å². The van der Waals surface area contributed by atoms with Crippen LogP contribution >= 0.6 is 0 Å². The van der Waals surface area contributed by atoms with Gasteiger partial charge in [-0.2, -0.15) is 0 Å². The van der Waals surface area contributed by atoms with Gasteiger partial charge >= 0.3 is 0 Å². The number of aliphatic hydroxyl groups excluding tert-OH is 1. The molecule has 0 amide bonds. The second kappa shape index (κ2) is 3.95. The molecule has 3 nitrogen and oxygen atoms in total. The zero-order valence-corrected chi connectivity index (χ0v) is 8.28. The van der Waals surface area contributed by atoms with Crippen molar-refractivity contribution in [2.75, 3.05) is 19.8 Å². The summed E-state index contributed by atoms with van der Waals surface area (Å²) in [5.74, 6) is 0.921. The van der Waals surface area contributed by atoms with Crippen LogP contribution in [0.25, 0.3) is 0 Å². The minimum Gasteiger partial charge on any atom is -0.394 e. The van der Waals surface area contributed by atoms with Gasteiger partial charge in [-0.3, -0.25) is 4.90 Å². The number of hydrogen-bond donors (Lipinski definition) is 1. The summed E-state index contributed by atoms with van der Waals surface area (Å²) in [6.07, 6.45) is 4.32. The highest BCUT2D eigenvalue weighted by molar-refractivity contribution is 4.92. The van der Waals surface area contributed by atoms with E-state index < -0.39 is 0 Å². The molecule has 3 atom stereocenters. The zero-order valence-electron chi connectivity index (χ0n) is 8.28. The molecule has 1 heterocycles. The third-order valence-electron chi connectivity index (χ3n) is 3.37. The maximum atomic E-state index is 8.65. The molecule has 13 heavy (non-hydrogen) atoms. The van der Waals surface area contributed by atoms with Crippen molar-refractivity contribution in [1.29, 1.82) is 0 Å². The van der Waals surface area contributed by atoms with Gasteiger partial charge in [0.1, 0.15) is 6.23 Å². The monoisotopic (exact) mass is 185 g/mol. The van der Waals surface area contributed by atoms with Crippen LogP contribution in [0.4, 0.5) is 0 Å². The van der Waals surface area contributed by atoms with Crippen molar-refractivity contribution in [3.8, 4) is 0 Å². The number of rotatable bonds is 4. The van der Waals surface area contributed by atoms with Gasteiger partial charge in [0.2, 0.25) is 0 Å². The fourth-order valence-corrected chi connectivity index (χ4v) is 2.73. The molecule has 2 bridgehead atoms. The van der Waals surface area contributed by atoms with E-state index in [9.17, 15) is 0 Å². The van der Waals surface area contributed by atoms with Crippen molar-refractivity contribution < 1.29 is 9.84 Å². The largest absolute Gasteiger partial charge is 0.394 e. The summed E-state index contributed by atoms with van der Waals surface area (Å²) >= 11 is 0. The third-order valence-corrected chi connectivity index (χ3v) is 3.37. The van der Waals surface area contributed by atoms with Gasteiger partial charge in [-0.15, -0.1) is 0 Å². The Balaban J connectivity index is 1.80. The van der Waals surface area contributed by atoms with Gasteiger partial charge in [-0.05, 0) is 32.1 Å². The molecule has 0 aromatic rings. The van der Waals surface area contributed by atoms with Crippen LogP contribution < -0.4 is 0 Å². The third kappa shape index (κ3) is 1.87. The number of aliphatic hydroxyl groups is 1. The molecule has 1 saturated carbocycles. The quantitative estimate of drug-likeness (QED) is 0.704. The van der Waals surface area contributed by atoms with Gasteiger partial charge in [0, 0.05) is 12.6 Å². The summed E-state index contributed by atoms with van der Waals surface area (Å²) in [5.41, 5.74) is 0. The Morgan fingerprint density at radius 1 is 1.54 bits per heavy atom. The van der Waals surface area contributed by atoms with Crippen LogP contribution in [0.3, 0.4) is 0 Å². The Hall–Kier alpha value is -0.120. The van der Waals surface area contributed by atoms with Crippen LogP contribution in [0.1, 0.15) is 26.2 Å². The van der Waals surface area contributed by atoms with Gasteiger partial charge in [-0.1, -0.05) is 0 Å². The maximum Gasteiger partial charge on any atom is 0.108 e. The van der Waals surface area contributed by atoms with Crippen molar-refractivity contribution in [2.24, 2.45) is 5.92 Å². The van der Waals surface area contributed by atoms with E-state index in [1.165, 1.54) is 25.8 Å².